The molecule has 1 aliphatic heterocycles. The number of nitrogens with one attached hydrogen (secondary N) is 2. The van der Waals surface area contributed by atoms with E-state index in [4.69, 9.17) is 0 Å². The molecule has 16 heavy (non-hydrogen) atoms. The maximum atomic E-state index is 11.8. The molecular formula is C12H15BrN2O. The number of rotatable bonds is 3. The fraction of sp³-hybridized carbons (Fsp3) is 0.417. The van der Waals surface area contributed by atoms with Gasteiger partial charge in [0.05, 0.1) is 5.92 Å². The summed E-state index contributed by atoms with van der Waals surface area (Å²) < 4.78 is 1.05. The van der Waals surface area contributed by atoms with Crippen LogP contribution in [0, 0.1) is 5.92 Å². The third-order valence-electron chi connectivity index (χ3n) is 2.86. The molecule has 1 aliphatic rings. The van der Waals surface area contributed by atoms with Gasteiger partial charge >= 0.3 is 0 Å². The number of carbonyl (C=O) groups is 1. The number of aryl methyl sites for hydroxylation is 1. The lowest BCUT2D eigenvalue weighted by atomic mass is 10.0. The number of carbonyl (C=O) groups excluding carboxylic acids is 1. The van der Waals surface area contributed by atoms with Crippen molar-refractivity contribution in [1.82, 2.24) is 5.32 Å². The summed E-state index contributed by atoms with van der Waals surface area (Å²) in [5, 5.41) is 6.09. The van der Waals surface area contributed by atoms with Crippen LogP contribution < -0.4 is 10.6 Å². The quantitative estimate of drug-likeness (QED) is 0.892. The molecule has 0 radical (unpaired) electrons. The molecule has 4 heteroatoms. The highest BCUT2D eigenvalue weighted by atomic mass is 79.9. The fourth-order valence-electron chi connectivity index (χ4n) is 1.69. The number of halogens is 1. The summed E-state index contributed by atoms with van der Waals surface area (Å²) >= 11 is 3.43. The van der Waals surface area contributed by atoms with Crippen LogP contribution in [0.15, 0.2) is 22.7 Å². The topological polar surface area (TPSA) is 41.1 Å². The molecule has 0 aromatic heterocycles. The summed E-state index contributed by atoms with van der Waals surface area (Å²) in [4.78, 5) is 11.8. The average molecular weight is 283 g/mol. The van der Waals surface area contributed by atoms with Crippen LogP contribution in [0.25, 0.3) is 0 Å². The summed E-state index contributed by atoms with van der Waals surface area (Å²) in [5.74, 6) is 0.254. The minimum Gasteiger partial charge on any atom is -0.326 e. The van der Waals surface area contributed by atoms with Crippen molar-refractivity contribution in [2.75, 3.05) is 18.4 Å². The first kappa shape index (κ1) is 11.6. The molecule has 1 aromatic carbocycles. The molecule has 1 fully saturated rings. The van der Waals surface area contributed by atoms with Crippen LogP contribution in [0.3, 0.4) is 0 Å². The Bertz CT molecular complexity index is 402. The Morgan fingerprint density at radius 2 is 2.31 bits per heavy atom. The Kier molecular flexibility index (Phi) is 3.61. The minimum absolute atomic E-state index is 0.121. The first-order valence-electron chi connectivity index (χ1n) is 5.50. The normalized spacial score (nSPS) is 15.6. The van der Waals surface area contributed by atoms with Crippen molar-refractivity contribution < 1.29 is 4.79 Å². The Hall–Kier alpha value is -0.870. The van der Waals surface area contributed by atoms with E-state index in [9.17, 15) is 4.79 Å². The zero-order valence-electron chi connectivity index (χ0n) is 9.22. The molecule has 0 unspecified atom stereocenters. The van der Waals surface area contributed by atoms with E-state index >= 15 is 0 Å². The SMILES string of the molecule is CCc1cc(Br)ccc1NC(=O)C1CNC1. The van der Waals surface area contributed by atoms with Crippen LogP contribution in [0.5, 0.6) is 0 Å². The van der Waals surface area contributed by atoms with Gasteiger partial charge in [0.25, 0.3) is 0 Å². The monoisotopic (exact) mass is 282 g/mol. The van der Waals surface area contributed by atoms with Crippen LogP contribution >= 0.6 is 15.9 Å². The van der Waals surface area contributed by atoms with Gasteiger partial charge in [-0.1, -0.05) is 22.9 Å². The van der Waals surface area contributed by atoms with Crippen molar-refractivity contribution in [1.29, 1.82) is 0 Å². The van der Waals surface area contributed by atoms with Gasteiger partial charge in [0.1, 0.15) is 0 Å². The van der Waals surface area contributed by atoms with E-state index in [-0.39, 0.29) is 11.8 Å². The van der Waals surface area contributed by atoms with Gasteiger partial charge in [-0.15, -0.1) is 0 Å². The van der Waals surface area contributed by atoms with Crippen LogP contribution in [0.4, 0.5) is 5.69 Å². The van der Waals surface area contributed by atoms with Crippen molar-refractivity contribution in [3.8, 4) is 0 Å². The maximum Gasteiger partial charge on any atom is 0.230 e. The van der Waals surface area contributed by atoms with E-state index in [1.54, 1.807) is 0 Å². The summed E-state index contributed by atoms with van der Waals surface area (Å²) in [6.45, 7) is 3.68. The van der Waals surface area contributed by atoms with E-state index in [1.165, 1.54) is 0 Å². The Labute approximate surface area is 104 Å². The second-order valence-corrected chi connectivity index (χ2v) is 4.92. The highest BCUT2D eigenvalue weighted by Crippen LogP contribution is 2.22. The first-order valence-corrected chi connectivity index (χ1v) is 6.30. The van der Waals surface area contributed by atoms with E-state index < -0.39 is 0 Å². The van der Waals surface area contributed by atoms with E-state index in [0.717, 1.165) is 35.2 Å². The molecule has 0 aliphatic carbocycles. The van der Waals surface area contributed by atoms with E-state index in [0.29, 0.717) is 0 Å². The molecule has 0 bridgehead atoms. The maximum absolute atomic E-state index is 11.8. The van der Waals surface area contributed by atoms with Crippen LogP contribution in [0.1, 0.15) is 12.5 Å². The fourth-order valence-corrected chi connectivity index (χ4v) is 2.09. The molecule has 0 atom stereocenters. The lowest BCUT2D eigenvalue weighted by molar-refractivity contribution is -0.121. The van der Waals surface area contributed by atoms with Gasteiger partial charge in [-0.3, -0.25) is 4.79 Å². The van der Waals surface area contributed by atoms with Crippen molar-refractivity contribution >= 4 is 27.5 Å². The molecule has 0 saturated carbocycles. The number of amides is 1. The third kappa shape index (κ3) is 2.44. The number of hydrogen-bond donors (Lipinski definition) is 2. The van der Waals surface area contributed by atoms with Gasteiger partial charge in [0, 0.05) is 23.2 Å². The minimum atomic E-state index is 0.121. The van der Waals surface area contributed by atoms with Gasteiger partial charge in [0.2, 0.25) is 5.91 Å². The van der Waals surface area contributed by atoms with E-state index in [2.05, 4.69) is 39.6 Å². The predicted octanol–water partition coefficient (Wildman–Crippen LogP) is 2.17. The van der Waals surface area contributed by atoms with Crippen LogP contribution in [-0.4, -0.2) is 19.0 Å². The largest absolute Gasteiger partial charge is 0.326 e. The van der Waals surface area contributed by atoms with Crippen molar-refractivity contribution in [2.24, 2.45) is 5.92 Å². The molecule has 2 rings (SSSR count). The molecule has 86 valence electrons. The summed E-state index contributed by atoms with van der Waals surface area (Å²) in [6, 6.07) is 5.95. The molecule has 1 heterocycles. The number of anilines is 1. The van der Waals surface area contributed by atoms with Gasteiger partial charge in [-0.25, -0.2) is 0 Å². The zero-order chi connectivity index (χ0) is 11.5. The standard InChI is InChI=1S/C12H15BrN2O/c1-2-8-5-10(13)3-4-11(8)15-12(16)9-6-14-7-9/h3-5,9,14H,2,6-7H2,1H3,(H,15,16). The molecular weight excluding hydrogens is 268 g/mol. The van der Waals surface area contributed by atoms with Crippen molar-refractivity contribution in [3.63, 3.8) is 0 Å². The highest BCUT2D eigenvalue weighted by molar-refractivity contribution is 9.10. The third-order valence-corrected chi connectivity index (χ3v) is 3.35. The summed E-state index contributed by atoms with van der Waals surface area (Å²) in [5.41, 5.74) is 2.10. The molecule has 3 nitrogen and oxygen atoms in total. The molecule has 1 amide bonds. The smallest absolute Gasteiger partial charge is 0.230 e. The lowest BCUT2D eigenvalue weighted by Gasteiger charge is -2.26. The Balaban J connectivity index is 2.10. The zero-order valence-corrected chi connectivity index (χ0v) is 10.8. The van der Waals surface area contributed by atoms with Gasteiger partial charge in [-0.2, -0.15) is 0 Å². The van der Waals surface area contributed by atoms with Crippen molar-refractivity contribution in [3.05, 3.63) is 28.2 Å². The van der Waals surface area contributed by atoms with Crippen LogP contribution in [-0.2, 0) is 11.2 Å². The van der Waals surface area contributed by atoms with Gasteiger partial charge < -0.3 is 10.6 Å². The van der Waals surface area contributed by atoms with E-state index in [1.807, 2.05) is 12.1 Å². The molecule has 1 aromatic rings. The van der Waals surface area contributed by atoms with Gasteiger partial charge in [-0.05, 0) is 30.2 Å². The summed E-state index contributed by atoms with van der Waals surface area (Å²) in [7, 11) is 0. The number of hydrogen-bond acceptors (Lipinski definition) is 2. The first-order chi connectivity index (χ1) is 7.70. The Morgan fingerprint density at radius 3 is 2.88 bits per heavy atom. The molecule has 2 N–H and O–H groups in total. The van der Waals surface area contributed by atoms with Gasteiger partial charge in [0.15, 0.2) is 0 Å². The Morgan fingerprint density at radius 1 is 1.56 bits per heavy atom. The second-order valence-electron chi connectivity index (χ2n) is 4.00. The summed E-state index contributed by atoms with van der Waals surface area (Å²) in [6.07, 6.45) is 0.915. The van der Waals surface area contributed by atoms with Crippen molar-refractivity contribution in [2.45, 2.75) is 13.3 Å². The molecule has 1 saturated heterocycles. The lowest BCUT2D eigenvalue weighted by Crippen LogP contribution is -2.48. The number of benzene rings is 1. The second kappa shape index (κ2) is 4.97. The van der Waals surface area contributed by atoms with Crippen LogP contribution in [0.2, 0.25) is 0 Å². The average Bonchev–Trinajstić information content (AvgIpc) is 2.18. The molecule has 0 spiro atoms. The highest BCUT2D eigenvalue weighted by Gasteiger charge is 2.25. The predicted molar refractivity (Wildman–Crippen MR) is 68.5 cm³/mol.